The second-order valence-electron chi connectivity index (χ2n) is 5.74. The average molecular weight is 336 g/mol. The zero-order valence-corrected chi connectivity index (χ0v) is 14.1. The molecular formula is C18H19ClFNS. The third kappa shape index (κ3) is 3.65. The van der Waals surface area contributed by atoms with Crippen molar-refractivity contribution in [2.45, 2.75) is 35.5 Å². The predicted octanol–water partition coefficient (Wildman–Crippen LogP) is 5.41. The summed E-state index contributed by atoms with van der Waals surface area (Å²) in [6, 6.07) is 11.2. The molecule has 0 aliphatic carbocycles. The van der Waals surface area contributed by atoms with Crippen LogP contribution in [0.2, 0.25) is 5.02 Å². The number of halogens is 2. The lowest BCUT2D eigenvalue weighted by molar-refractivity contribution is 0.456. The third-order valence-corrected chi connectivity index (χ3v) is 5.42. The van der Waals surface area contributed by atoms with Gasteiger partial charge in [0.15, 0.2) is 0 Å². The third-order valence-electron chi connectivity index (χ3n) is 4.06. The summed E-state index contributed by atoms with van der Waals surface area (Å²) >= 11 is 7.49. The Morgan fingerprint density at radius 3 is 2.64 bits per heavy atom. The second kappa shape index (κ2) is 7.03. The van der Waals surface area contributed by atoms with Gasteiger partial charge in [-0.3, -0.25) is 0 Å². The lowest BCUT2D eigenvalue weighted by Crippen LogP contribution is -2.26. The highest BCUT2D eigenvalue weighted by atomic mass is 35.5. The summed E-state index contributed by atoms with van der Waals surface area (Å²) in [7, 11) is 0. The van der Waals surface area contributed by atoms with Gasteiger partial charge in [0.25, 0.3) is 0 Å². The van der Waals surface area contributed by atoms with E-state index in [-0.39, 0.29) is 5.82 Å². The van der Waals surface area contributed by atoms with E-state index in [0.29, 0.717) is 15.8 Å². The highest BCUT2D eigenvalue weighted by Crippen LogP contribution is 2.39. The summed E-state index contributed by atoms with van der Waals surface area (Å²) in [5.74, 6) is 0.331. The van der Waals surface area contributed by atoms with E-state index in [9.17, 15) is 4.39 Å². The fourth-order valence-corrected chi connectivity index (χ4v) is 4.19. The molecule has 1 heterocycles. The van der Waals surface area contributed by atoms with Crippen LogP contribution < -0.4 is 5.32 Å². The maximum Gasteiger partial charge on any atom is 0.137 e. The summed E-state index contributed by atoms with van der Waals surface area (Å²) in [6.45, 7) is 4.21. The maximum atomic E-state index is 14.0. The van der Waals surface area contributed by atoms with Gasteiger partial charge in [-0.2, -0.15) is 0 Å². The molecule has 1 aliphatic rings. The zero-order valence-electron chi connectivity index (χ0n) is 12.5. The molecule has 2 aromatic carbocycles. The van der Waals surface area contributed by atoms with Gasteiger partial charge in [0.05, 0.1) is 0 Å². The number of benzene rings is 2. The molecule has 2 aromatic rings. The van der Waals surface area contributed by atoms with Crippen molar-refractivity contribution in [3.63, 3.8) is 0 Å². The van der Waals surface area contributed by atoms with Crippen molar-refractivity contribution in [3.8, 4) is 0 Å². The van der Waals surface area contributed by atoms with Crippen LogP contribution in [0.25, 0.3) is 0 Å². The summed E-state index contributed by atoms with van der Waals surface area (Å²) in [4.78, 5) is 1.73. The molecule has 3 rings (SSSR count). The van der Waals surface area contributed by atoms with Crippen LogP contribution >= 0.6 is 23.4 Å². The van der Waals surface area contributed by atoms with Gasteiger partial charge in [0, 0.05) is 14.8 Å². The first-order chi connectivity index (χ1) is 10.6. The van der Waals surface area contributed by atoms with Crippen LogP contribution in [-0.2, 0) is 0 Å². The number of hydrogen-bond acceptors (Lipinski definition) is 2. The molecule has 0 atom stereocenters. The molecule has 0 saturated carbocycles. The molecule has 1 nitrogen and oxygen atoms in total. The van der Waals surface area contributed by atoms with Crippen molar-refractivity contribution in [1.29, 1.82) is 0 Å². The van der Waals surface area contributed by atoms with Gasteiger partial charge >= 0.3 is 0 Å². The monoisotopic (exact) mass is 335 g/mol. The van der Waals surface area contributed by atoms with Crippen molar-refractivity contribution in [1.82, 2.24) is 5.32 Å². The molecule has 0 amide bonds. The fourth-order valence-electron chi connectivity index (χ4n) is 2.89. The van der Waals surface area contributed by atoms with E-state index in [1.165, 1.54) is 29.0 Å². The number of aryl methyl sites for hydroxylation is 1. The maximum absolute atomic E-state index is 14.0. The van der Waals surface area contributed by atoms with Gasteiger partial charge in [-0.1, -0.05) is 41.1 Å². The van der Waals surface area contributed by atoms with Gasteiger partial charge in [-0.25, -0.2) is 4.39 Å². The molecule has 1 fully saturated rings. The highest BCUT2D eigenvalue weighted by Gasteiger charge is 2.19. The molecule has 1 N–H and O–H groups in total. The molecule has 22 heavy (non-hydrogen) atoms. The summed E-state index contributed by atoms with van der Waals surface area (Å²) in [6.07, 6.45) is 2.27. The normalized spacial score (nSPS) is 16.0. The van der Waals surface area contributed by atoms with Crippen LogP contribution in [-0.4, -0.2) is 13.1 Å². The summed E-state index contributed by atoms with van der Waals surface area (Å²) in [5, 5.41) is 3.97. The number of rotatable bonds is 3. The molecule has 0 spiro atoms. The quantitative estimate of drug-likeness (QED) is 0.805. The molecule has 0 unspecified atom stereocenters. The summed E-state index contributed by atoms with van der Waals surface area (Å²) in [5.41, 5.74) is 2.59. The predicted molar refractivity (Wildman–Crippen MR) is 91.6 cm³/mol. The van der Waals surface area contributed by atoms with E-state index in [0.717, 1.165) is 30.8 Å². The zero-order chi connectivity index (χ0) is 15.5. The topological polar surface area (TPSA) is 12.0 Å². The minimum Gasteiger partial charge on any atom is -0.317 e. The Bertz CT molecular complexity index is 668. The SMILES string of the molecule is Cc1ccc(Sc2cc(Cl)ccc2F)c(C2CCNCC2)c1. The molecule has 0 radical (unpaired) electrons. The smallest absolute Gasteiger partial charge is 0.137 e. The Kier molecular flexibility index (Phi) is 5.07. The largest absolute Gasteiger partial charge is 0.317 e. The average Bonchev–Trinajstić information content (AvgIpc) is 2.53. The Morgan fingerprint density at radius 2 is 1.86 bits per heavy atom. The van der Waals surface area contributed by atoms with Crippen LogP contribution in [0.3, 0.4) is 0 Å². The van der Waals surface area contributed by atoms with Crippen LogP contribution in [0.15, 0.2) is 46.2 Å². The van der Waals surface area contributed by atoms with Crippen LogP contribution in [0.4, 0.5) is 4.39 Å². The molecule has 4 heteroatoms. The minimum atomic E-state index is -0.216. The van der Waals surface area contributed by atoms with Gasteiger partial charge in [0.2, 0.25) is 0 Å². The molecule has 1 aliphatic heterocycles. The molecule has 116 valence electrons. The van der Waals surface area contributed by atoms with Gasteiger partial charge in [-0.05, 0) is 68.6 Å². The van der Waals surface area contributed by atoms with Crippen LogP contribution in [0.5, 0.6) is 0 Å². The van der Waals surface area contributed by atoms with Crippen LogP contribution in [0, 0.1) is 12.7 Å². The first-order valence-corrected chi connectivity index (χ1v) is 8.77. The Labute approximate surface area is 140 Å². The standard InChI is InChI=1S/C18H19ClFNS/c1-12-2-5-17(15(10-12)13-6-8-21-9-7-13)22-18-11-14(19)3-4-16(18)20/h2-5,10-11,13,21H,6-9H2,1H3. The van der Waals surface area contributed by atoms with Crippen molar-refractivity contribution in [2.75, 3.05) is 13.1 Å². The number of nitrogens with one attached hydrogen (secondary N) is 1. The Balaban J connectivity index is 1.94. The first-order valence-electron chi connectivity index (χ1n) is 7.57. The van der Waals surface area contributed by atoms with E-state index in [4.69, 9.17) is 11.6 Å². The Morgan fingerprint density at radius 1 is 1.09 bits per heavy atom. The lowest BCUT2D eigenvalue weighted by atomic mass is 9.89. The van der Waals surface area contributed by atoms with Crippen molar-refractivity contribution in [2.24, 2.45) is 0 Å². The number of hydrogen-bond donors (Lipinski definition) is 1. The molecular weight excluding hydrogens is 317 g/mol. The minimum absolute atomic E-state index is 0.216. The van der Waals surface area contributed by atoms with Crippen LogP contribution in [0.1, 0.15) is 29.9 Å². The lowest BCUT2D eigenvalue weighted by Gasteiger charge is -2.25. The Hall–Kier alpha value is -1.03. The van der Waals surface area contributed by atoms with Crippen molar-refractivity contribution >= 4 is 23.4 Å². The van der Waals surface area contributed by atoms with E-state index in [2.05, 4.69) is 30.4 Å². The molecule has 0 bridgehead atoms. The van der Waals surface area contributed by atoms with E-state index < -0.39 is 0 Å². The molecule has 1 saturated heterocycles. The van der Waals surface area contributed by atoms with Gasteiger partial charge in [0.1, 0.15) is 5.82 Å². The highest BCUT2D eigenvalue weighted by molar-refractivity contribution is 7.99. The van der Waals surface area contributed by atoms with Gasteiger partial charge in [-0.15, -0.1) is 0 Å². The second-order valence-corrected chi connectivity index (χ2v) is 7.26. The fraction of sp³-hybridized carbons (Fsp3) is 0.333. The number of piperidine rings is 1. The first kappa shape index (κ1) is 15.9. The summed E-state index contributed by atoms with van der Waals surface area (Å²) < 4.78 is 14.0. The van der Waals surface area contributed by atoms with Crippen molar-refractivity contribution in [3.05, 3.63) is 58.4 Å². The van der Waals surface area contributed by atoms with E-state index >= 15 is 0 Å². The van der Waals surface area contributed by atoms with Gasteiger partial charge < -0.3 is 5.32 Å². The molecule has 0 aromatic heterocycles. The van der Waals surface area contributed by atoms with E-state index in [1.807, 2.05) is 0 Å². The van der Waals surface area contributed by atoms with E-state index in [1.54, 1.807) is 12.1 Å². The van der Waals surface area contributed by atoms with Crippen molar-refractivity contribution < 1.29 is 4.39 Å².